The molecule has 1 saturated heterocycles. The van der Waals surface area contributed by atoms with Gasteiger partial charge in [0, 0.05) is 35.1 Å². The Balaban J connectivity index is 1.14. The van der Waals surface area contributed by atoms with E-state index in [4.69, 9.17) is 4.74 Å². The number of nitrogens with one attached hydrogen (secondary N) is 1. The summed E-state index contributed by atoms with van der Waals surface area (Å²) in [6.45, 7) is 5.35. The number of halogens is 1. The van der Waals surface area contributed by atoms with Crippen LogP contribution in [0.15, 0.2) is 66.7 Å². The minimum absolute atomic E-state index is 0.201. The quantitative estimate of drug-likeness (QED) is 0.253. The lowest BCUT2D eigenvalue weighted by atomic mass is 9.81. The number of aliphatic hydroxyl groups is 1. The molecule has 0 bridgehead atoms. The minimum atomic E-state index is -1.16. The fourth-order valence-corrected chi connectivity index (χ4v) is 7.81. The average Bonchev–Trinajstić information content (AvgIpc) is 3.26. The number of nitrogens with zero attached hydrogens (tertiary/aromatic N) is 2. The molecule has 1 aromatic heterocycles. The zero-order chi connectivity index (χ0) is 32.1. The smallest absolute Gasteiger partial charge is 0.252 e. The third-order valence-electron chi connectivity index (χ3n) is 10.3. The molecule has 8 heteroatoms. The predicted octanol–water partition coefficient (Wildman–Crippen LogP) is 6.91. The number of amides is 2. The number of para-hydroxylation sites is 1. The number of piperidine rings is 1. The number of fused-ring (bicyclic) bond motifs is 5. The van der Waals surface area contributed by atoms with Gasteiger partial charge in [-0.2, -0.15) is 0 Å². The third kappa shape index (κ3) is 5.46. The Hall–Kier alpha value is -4.17. The van der Waals surface area contributed by atoms with Crippen molar-refractivity contribution >= 4 is 22.7 Å². The second-order valence-electron chi connectivity index (χ2n) is 13.7. The molecule has 7 nitrogen and oxygen atoms in total. The molecule has 240 valence electrons. The first-order valence-corrected chi connectivity index (χ1v) is 16.6. The zero-order valence-electron chi connectivity index (χ0n) is 26.7. The van der Waals surface area contributed by atoms with E-state index < -0.39 is 11.1 Å². The molecule has 2 aliphatic heterocycles. The molecule has 0 unspecified atom stereocenters. The van der Waals surface area contributed by atoms with Gasteiger partial charge in [0.05, 0.1) is 17.8 Å². The van der Waals surface area contributed by atoms with Gasteiger partial charge in [-0.25, -0.2) is 4.39 Å². The van der Waals surface area contributed by atoms with Crippen LogP contribution in [0.2, 0.25) is 0 Å². The second kappa shape index (κ2) is 11.9. The molecule has 0 radical (unpaired) electrons. The Kier molecular flexibility index (Phi) is 7.87. The Labute approximate surface area is 269 Å². The van der Waals surface area contributed by atoms with Crippen LogP contribution in [-0.4, -0.2) is 51.6 Å². The molecule has 2 fully saturated rings. The van der Waals surface area contributed by atoms with Crippen LogP contribution in [0, 0.1) is 5.82 Å². The van der Waals surface area contributed by atoms with E-state index in [0.717, 1.165) is 29.7 Å². The lowest BCUT2D eigenvalue weighted by Gasteiger charge is -2.41. The molecule has 2 N–H and O–H groups in total. The highest BCUT2D eigenvalue weighted by molar-refractivity contribution is 6.03. The van der Waals surface area contributed by atoms with Crippen molar-refractivity contribution in [2.24, 2.45) is 0 Å². The Morgan fingerprint density at radius 1 is 0.957 bits per heavy atom. The highest BCUT2D eigenvalue weighted by Crippen LogP contribution is 2.47. The first-order chi connectivity index (χ1) is 22.1. The monoisotopic (exact) mass is 623 g/mol. The molecule has 46 heavy (non-hydrogen) atoms. The zero-order valence-corrected chi connectivity index (χ0v) is 26.7. The van der Waals surface area contributed by atoms with Crippen molar-refractivity contribution in [3.05, 3.63) is 89.2 Å². The fraction of sp³-hybridized carbons (Fsp3) is 0.421. The number of aromatic nitrogens is 1. The van der Waals surface area contributed by atoms with Crippen LogP contribution >= 0.6 is 0 Å². The molecular formula is C38H42FN3O4. The fourth-order valence-electron chi connectivity index (χ4n) is 7.81. The largest absolute Gasteiger partial charge is 0.491 e. The summed E-state index contributed by atoms with van der Waals surface area (Å²) in [6, 6.07) is 20.1. The van der Waals surface area contributed by atoms with E-state index >= 15 is 0 Å². The number of hydrogen-bond donors (Lipinski definition) is 2. The van der Waals surface area contributed by atoms with Crippen molar-refractivity contribution in [3.8, 4) is 17.0 Å². The Morgan fingerprint density at radius 3 is 2.41 bits per heavy atom. The van der Waals surface area contributed by atoms with Crippen LogP contribution < -0.4 is 10.1 Å². The standard InChI is InChI=1S/C38H42FN3O4/c1-37(2,36(44)41-20-18-38(45,19-21-41)27-13-15-28(39)16-14-27)40-35(43)26-12-17-29-31(24-26)42-22-23-46-32-11-7-6-10-30(32)34(42)33(29)25-8-4-3-5-9-25/h6-7,10-17,24-25,45H,3-5,8-9,18-23H2,1-2H3,(H,40,43). The maximum absolute atomic E-state index is 13.8. The summed E-state index contributed by atoms with van der Waals surface area (Å²) in [6.07, 6.45) is 6.70. The van der Waals surface area contributed by atoms with Gasteiger partial charge in [0.15, 0.2) is 0 Å². The first-order valence-electron chi connectivity index (χ1n) is 16.6. The van der Waals surface area contributed by atoms with Crippen molar-refractivity contribution in [1.29, 1.82) is 0 Å². The van der Waals surface area contributed by atoms with Crippen molar-refractivity contribution in [1.82, 2.24) is 14.8 Å². The number of benzene rings is 3. The van der Waals surface area contributed by atoms with E-state index in [2.05, 4.69) is 28.1 Å². The number of carbonyl (C=O) groups excluding carboxylic acids is 2. The van der Waals surface area contributed by atoms with Crippen LogP contribution in [0.25, 0.3) is 22.2 Å². The topological polar surface area (TPSA) is 83.8 Å². The van der Waals surface area contributed by atoms with Gasteiger partial charge < -0.3 is 24.6 Å². The van der Waals surface area contributed by atoms with Crippen molar-refractivity contribution in [2.45, 2.75) is 82.4 Å². The van der Waals surface area contributed by atoms with E-state index in [0.29, 0.717) is 56.1 Å². The van der Waals surface area contributed by atoms with E-state index in [9.17, 15) is 19.1 Å². The summed E-state index contributed by atoms with van der Waals surface area (Å²) in [5.41, 5.74) is 3.55. The molecule has 3 heterocycles. The third-order valence-corrected chi connectivity index (χ3v) is 10.3. The van der Waals surface area contributed by atoms with E-state index in [1.807, 2.05) is 24.3 Å². The van der Waals surface area contributed by atoms with Crippen LogP contribution in [0.4, 0.5) is 4.39 Å². The summed E-state index contributed by atoms with van der Waals surface area (Å²) in [5, 5.41) is 15.4. The molecule has 0 atom stereocenters. The van der Waals surface area contributed by atoms with E-state index in [1.165, 1.54) is 48.0 Å². The number of rotatable bonds is 5. The van der Waals surface area contributed by atoms with E-state index in [-0.39, 0.29) is 17.6 Å². The highest BCUT2D eigenvalue weighted by Gasteiger charge is 2.40. The maximum Gasteiger partial charge on any atom is 0.252 e. The minimum Gasteiger partial charge on any atom is -0.491 e. The van der Waals surface area contributed by atoms with Gasteiger partial charge in [-0.3, -0.25) is 9.59 Å². The lowest BCUT2D eigenvalue weighted by molar-refractivity contribution is -0.141. The van der Waals surface area contributed by atoms with Crippen molar-refractivity contribution < 1.29 is 23.8 Å². The van der Waals surface area contributed by atoms with Gasteiger partial charge in [0.2, 0.25) is 5.91 Å². The van der Waals surface area contributed by atoms with Gasteiger partial charge in [-0.15, -0.1) is 0 Å². The average molecular weight is 624 g/mol. The molecule has 7 rings (SSSR count). The first kappa shape index (κ1) is 30.5. The van der Waals surface area contributed by atoms with Gasteiger partial charge in [0.1, 0.15) is 23.7 Å². The van der Waals surface area contributed by atoms with Crippen molar-refractivity contribution in [3.63, 3.8) is 0 Å². The summed E-state index contributed by atoms with van der Waals surface area (Å²) in [7, 11) is 0. The molecule has 4 aromatic rings. The number of hydrogen-bond acceptors (Lipinski definition) is 4. The second-order valence-corrected chi connectivity index (χ2v) is 13.7. The SMILES string of the molecule is CC(C)(NC(=O)c1ccc2c(C3CCCCC3)c3n(c2c1)CCOc1ccccc1-3)C(=O)N1CCC(O)(c2ccc(F)cc2)CC1. The summed E-state index contributed by atoms with van der Waals surface area (Å²) < 4.78 is 21.9. The van der Waals surface area contributed by atoms with Gasteiger partial charge in [-0.1, -0.05) is 49.6 Å². The summed E-state index contributed by atoms with van der Waals surface area (Å²) in [5.74, 6) is 0.495. The van der Waals surface area contributed by atoms with Crippen molar-refractivity contribution in [2.75, 3.05) is 19.7 Å². The number of likely N-dealkylation sites (tertiary alicyclic amines) is 1. The Bertz CT molecular complexity index is 1780. The van der Waals surface area contributed by atoms with Crippen LogP contribution in [0.5, 0.6) is 5.75 Å². The molecule has 3 aliphatic rings. The van der Waals surface area contributed by atoms with Gasteiger partial charge in [0.25, 0.3) is 5.91 Å². The van der Waals surface area contributed by atoms with Gasteiger partial charge in [-0.05, 0) is 93.0 Å². The van der Waals surface area contributed by atoms with Crippen LogP contribution in [0.3, 0.4) is 0 Å². The molecule has 0 spiro atoms. The van der Waals surface area contributed by atoms with Crippen LogP contribution in [0.1, 0.15) is 86.2 Å². The Morgan fingerprint density at radius 2 is 1.67 bits per heavy atom. The predicted molar refractivity (Wildman–Crippen MR) is 176 cm³/mol. The molecule has 1 saturated carbocycles. The van der Waals surface area contributed by atoms with Crippen LogP contribution in [-0.2, 0) is 16.9 Å². The number of carbonyl (C=O) groups is 2. The lowest BCUT2D eigenvalue weighted by Crippen LogP contribution is -2.58. The normalized spacial score (nSPS) is 18.3. The maximum atomic E-state index is 13.8. The summed E-state index contributed by atoms with van der Waals surface area (Å²) >= 11 is 0. The number of ether oxygens (including phenoxy) is 1. The molecule has 1 aliphatic carbocycles. The van der Waals surface area contributed by atoms with E-state index in [1.54, 1.807) is 30.9 Å². The summed E-state index contributed by atoms with van der Waals surface area (Å²) in [4.78, 5) is 29.1. The molecule has 3 aromatic carbocycles. The van der Waals surface area contributed by atoms with Gasteiger partial charge >= 0.3 is 0 Å². The highest BCUT2D eigenvalue weighted by atomic mass is 19.1. The molecule has 2 amide bonds. The molecular weight excluding hydrogens is 581 g/mol.